The van der Waals surface area contributed by atoms with Gasteiger partial charge in [-0.3, -0.25) is 0 Å². The summed E-state index contributed by atoms with van der Waals surface area (Å²) in [5.74, 6) is -1.37. The Morgan fingerprint density at radius 1 is 0.938 bits per heavy atom. The molecule has 7 heteroatoms. The van der Waals surface area contributed by atoms with Crippen LogP contribution in [0.1, 0.15) is 62.5 Å². The van der Waals surface area contributed by atoms with Crippen molar-refractivity contribution in [1.82, 2.24) is 0 Å². The molecule has 0 unspecified atom stereocenters. The van der Waals surface area contributed by atoms with Crippen molar-refractivity contribution in [2.24, 2.45) is 17.8 Å². The van der Waals surface area contributed by atoms with Gasteiger partial charge in [0.25, 0.3) is 0 Å². The molecular formula is C25H28F5OPr-. The fourth-order valence-electron chi connectivity index (χ4n) is 5.43. The number of alkyl halides is 3. The monoisotopic (exact) mass is 580 g/mol. The molecule has 0 saturated heterocycles. The zero-order valence-electron chi connectivity index (χ0n) is 18.3. The normalized spacial score (nSPS) is 22.6. The fourth-order valence-corrected chi connectivity index (χ4v) is 5.43. The van der Waals surface area contributed by atoms with E-state index in [4.69, 9.17) is 4.74 Å². The topological polar surface area (TPSA) is 9.23 Å². The van der Waals surface area contributed by atoms with Crippen LogP contribution in [0.3, 0.4) is 0 Å². The maximum Gasteiger partial charge on any atom is 0.417 e. The summed E-state index contributed by atoms with van der Waals surface area (Å²) in [5.41, 5.74) is -1.27. The number of ether oxygens (including phenoxy) is 1. The molecule has 2 aromatic carbocycles. The molecule has 2 saturated carbocycles. The quantitative estimate of drug-likeness (QED) is 0.263. The van der Waals surface area contributed by atoms with Crippen LogP contribution in [-0.2, 0) is 6.18 Å². The van der Waals surface area contributed by atoms with Crippen LogP contribution in [0.15, 0.2) is 18.2 Å². The summed E-state index contributed by atoms with van der Waals surface area (Å²) in [5, 5.41) is -0.743. The third kappa shape index (κ3) is 5.59. The molecule has 1 radical (unpaired) electrons. The van der Waals surface area contributed by atoms with Gasteiger partial charge in [0.15, 0.2) is 11.6 Å². The van der Waals surface area contributed by atoms with Crippen molar-refractivity contribution < 1.29 is 68.0 Å². The molecule has 0 aliphatic heterocycles. The van der Waals surface area contributed by atoms with E-state index < -0.39 is 28.8 Å². The minimum atomic E-state index is -4.77. The minimum Gasteiger partial charge on any atom is -0.490 e. The first kappa shape index (κ1) is 26.1. The Kier molecular flexibility index (Phi) is 8.85. The van der Waals surface area contributed by atoms with Crippen molar-refractivity contribution >= 4 is 10.8 Å². The van der Waals surface area contributed by atoms with Crippen molar-refractivity contribution in [3.8, 4) is 5.75 Å². The standard InChI is InChI=1S/C25H28F5O.Pr/c1-15-7-10-19-13-20(23(26)24(27)21(19)22(15)25(28,29)30)31-14-16-8-11-18(12-9-16)17-5-3-2-4-6-17;/h2,7,10,13,16-18H,3-6,8-9,11-12,14H2,1H3;/q-1;. The van der Waals surface area contributed by atoms with E-state index in [0.717, 1.165) is 37.5 Å². The molecule has 2 aromatic rings. The van der Waals surface area contributed by atoms with Gasteiger partial charge in [0.2, 0.25) is 5.82 Å². The van der Waals surface area contributed by atoms with E-state index in [2.05, 4.69) is 6.42 Å². The molecule has 0 spiro atoms. The van der Waals surface area contributed by atoms with Gasteiger partial charge in [-0.2, -0.15) is 30.4 Å². The molecule has 0 heterocycles. The third-order valence-electron chi connectivity index (χ3n) is 7.16. The third-order valence-corrected chi connectivity index (χ3v) is 7.16. The first-order valence-electron chi connectivity index (χ1n) is 11.2. The molecule has 0 aromatic heterocycles. The van der Waals surface area contributed by atoms with Crippen molar-refractivity contribution in [2.45, 2.75) is 64.5 Å². The van der Waals surface area contributed by atoms with Gasteiger partial charge in [0.05, 0.1) is 12.2 Å². The zero-order chi connectivity index (χ0) is 22.2. The van der Waals surface area contributed by atoms with Crippen LogP contribution >= 0.6 is 0 Å². The average Bonchev–Trinajstić information content (AvgIpc) is 2.75. The van der Waals surface area contributed by atoms with Gasteiger partial charge in [-0.15, -0.1) is 0 Å². The molecular weight excluding hydrogens is 552 g/mol. The summed E-state index contributed by atoms with van der Waals surface area (Å²) >= 11 is 0. The molecule has 32 heavy (non-hydrogen) atoms. The summed E-state index contributed by atoms with van der Waals surface area (Å²) in [6.45, 7) is 1.50. The summed E-state index contributed by atoms with van der Waals surface area (Å²) in [7, 11) is 0. The second kappa shape index (κ2) is 10.8. The Morgan fingerprint density at radius 2 is 1.56 bits per heavy atom. The SMILES string of the molecule is Cc1ccc2cc(OCC3CCC(C4CC[CH-]CC4)CC3)c(F)c(F)c2c1C(F)(F)F.[Pr]. The van der Waals surface area contributed by atoms with Gasteiger partial charge < -0.3 is 11.2 Å². The van der Waals surface area contributed by atoms with Crippen LogP contribution in [0.25, 0.3) is 10.8 Å². The molecule has 1 nitrogen and oxygen atoms in total. The molecule has 173 valence electrons. The molecule has 2 fully saturated rings. The van der Waals surface area contributed by atoms with Crippen molar-refractivity contribution in [1.29, 1.82) is 0 Å². The van der Waals surface area contributed by atoms with E-state index in [9.17, 15) is 22.0 Å². The van der Waals surface area contributed by atoms with Crippen LogP contribution in [-0.4, -0.2) is 6.61 Å². The summed E-state index contributed by atoms with van der Waals surface area (Å²) < 4.78 is 75.2. The molecule has 4 rings (SSSR count). The second-order valence-corrected chi connectivity index (χ2v) is 9.15. The Hall–Kier alpha value is -0.486. The van der Waals surface area contributed by atoms with Gasteiger partial charge in [-0.25, -0.2) is 4.39 Å². The predicted molar refractivity (Wildman–Crippen MR) is 111 cm³/mol. The van der Waals surface area contributed by atoms with E-state index >= 15 is 0 Å². The molecule has 0 atom stereocenters. The molecule has 2 aliphatic carbocycles. The number of aryl methyl sites for hydroxylation is 1. The smallest absolute Gasteiger partial charge is 0.417 e. The van der Waals surface area contributed by atoms with E-state index in [0.29, 0.717) is 0 Å². The second-order valence-electron chi connectivity index (χ2n) is 9.15. The summed E-state index contributed by atoms with van der Waals surface area (Å²) in [4.78, 5) is 0. The number of halogens is 5. The van der Waals surface area contributed by atoms with Gasteiger partial charge in [0.1, 0.15) is 0 Å². The van der Waals surface area contributed by atoms with Crippen molar-refractivity contribution in [2.75, 3.05) is 6.61 Å². The van der Waals surface area contributed by atoms with E-state index in [1.54, 1.807) is 0 Å². The number of benzene rings is 2. The Morgan fingerprint density at radius 3 is 2.19 bits per heavy atom. The predicted octanol–water partition coefficient (Wildman–Crippen LogP) is 8.02. The van der Waals surface area contributed by atoms with Gasteiger partial charge in [-0.1, -0.05) is 25.0 Å². The van der Waals surface area contributed by atoms with Crippen LogP contribution < -0.4 is 4.74 Å². The minimum absolute atomic E-state index is 0. The van der Waals surface area contributed by atoms with Gasteiger partial charge in [0, 0.05) is 46.7 Å². The first-order valence-corrected chi connectivity index (χ1v) is 11.2. The van der Waals surface area contributed by atoms with Gasteiger partial charge in [-0.05, 0) is 67.4 Å². The molecule has 2 aliphatic rings. The zero-order valence-corrected chi connectivity index (χ0v) is 22.0. The van der Waals surface area contributed by atoms with Crippen LogP contribution in [0.5, 0.6) is 5.75 Å². The molecule has 0 bridgehead atoms. The number of rotatable bonds is 4. The first-order chi connectivity index (χ1) is 14.8. The van der Waals surface area contributed by atoms with Crippen LogP contribution in [0, 0.1) is 84.0 Å². The van der Waals surface area contributed by atoms with Crippen LogP contribution in [0.4, 0.5) is 22.0 Å². The number of hydrogen-bond acceptors (Lipinski definition) is 1. The van der Waals surface area contributed by atoms with Crippen molar-refractivity contribution in [3.63, 3.8) is 0 Å². The fraction of sp³-hybridized carbons (Fsp3) is 0.560. The maximum atomic E-state index is 14.7. The van der Waals surface area contributed by atoms with E-state index in [1.165, 1.54) is 50.8 Å². The average molecular weight is 580 g/mol. The Labute approximate surface area is 219 Å². The van der Waals surface area contributed by atoms with Gasteiger partial charge >= 0.3 is 6.18 Å². The number of fused-ring (bicyclic) bond motifs is 1. The van der Waals surface area contributed by atoms with E-state index in [-0.39, 0.29) is 70.5 Å². The largest absolute Gasteiger partial charge is 0.490 e. The van der Waals surface area contributed by atoms with Crippen LogP contribution in [0.2, 0.25) is 0 Å². The van der Waals surface area contributed by atoms with Crippen molar-refractivity contribution in [3.05, 3.63) is 47.4 Å². The Balaban J connectivity index is 0.00000289. The Bertz CT molecular complexity index is 928. The number of hydrogen-bond donors (Lipinski definition) is 0. The molecule has 0 N–H and O–H groups in total. The van der Waals surface area contributed by atoms with E-state index in [1.807, 2.05) is 0 Å². The summed E-state index contributed by atoms with van der Waals surface area (Å²) in [6.07, 6.45) is 6.77. The summed E-state index contributed by atoms with van der Waals surface area (Å²) in [6, 6.07) is 3.84. The molecule has 0 amide bonds. The maximum absolute atomic E-state index is 14.7.